The fourth-order valence-electron chi connectivity index (χ4n) is 1.85. The van der Waals surface area contributed by atoms with Crippen molar-refractivity contribution in [3.8, 4) is 0 Å². The van der Waals surface area contributed by atoms with Crippen molar-refractivity contribution < 1.29 is 9.90 Å². The average molecular weight is 324 g/mol. The Labute approximate surface area is 119 Å². The first-order valence-electron chi connectivity index (χ1n) is 6.01. The zero-order chi connectivity index (χ0) is 13.8. The Morgan fingerprint density at radius 3 is 2.95 bits per heavy atom. The summed E-state index contributed by atoms with van der Waals surface area (Å²) in [7, 11) is 0. The van der Waals surface area contributed by atoms with Crippen LogP contribution in [0.1, 0.15) is 19.8 Å². The van der Waals surface area contributed by atoms with Crippen molar-refractivity contribution in [2.75, 3.05) is 5.32 Å². The van der Waals surface area contributed by atoms with E-state index >= 15 is 0 Å². The molecular formula is C13H14BrN3O2. The van der Waals surface area contributed by atoms with Crippen LogP contribution in [0.5, 0.6) is 0 Å². The zero-order valence-corrected chi connectivity index (χ0v) is 12.0. The molecule has 0 radical (unpaired) electrons. The molecule has 1 aromatic heterocycles. The van der Waals surface area contributed by atoms with E-state index in [1.165, 1.54) is 6.33 Å². The van der Waals surface area contributed by atoms with Crippen molar-refractivity contribution in [3.63, 3.8) is 0 Å². The summed E-state index contributed by atoms with van der Waals surface area (Å²) in [5.41, 5.74) is 0.779. The van der Waals surface area contributed by atoms with E-state index in [0.29, 0.717) is 12.2 Å². The Bertz CT molecular complexity index is 603. The zero-order valence-electron chi connectivity index (χ0n) is 10.4. The van der Waals surface area contributed by atoms with E-state index in [9.17, 15) is 9.90 Å². The molecule has 0 saturated carbocycles. The van der Waals surface area contributed by atoms with Crippen molar-refractivity contribution in [3.05, 3.63) is 29.0 Å². The minimum Gasteiger partial charge on any atom is -0.480 e. The number of aliphatic carboxylic acids is 1. The maximum atomic E-state index is 11.2. The summed E-state index contributed by atoms with van der Waals surface area (Å²) >= 11 is 3.39. The van der Waals surface area contributed by atoms with Gasteiger partial charge < -0.3 is 10.4 Å². The first-order valence-corrected chi connectivity index (χ1v) is 6.80. The lowest BCUT2D eigenvalue weighted by atomic mass is 10.1. The van der Waals surface area contributed by atoms with Gasteiger partial charge in [-0.25, -0.2) is 14.8 Å². The Kier molecular flexibility index (Phi) is 4.31. The van der Waals surface area contributed by atoms with Gasteiger partial charge in [0.1, 0.15) is 18.2 Å². The summed E-state index contributed by atoms with van der Waals surface area (Å²) < 4.78 is 0.903. The highest BCUT2D eigenvalue weighted by Crippen LogP contribution is 2.24. The summed E-state index contributed by atoms with van der Waals surface area (Å²) in [6.45, 7) is 1.95. The van der Waals surface area contributed by atoms with Crippen molar-refractivity contribution in [2.45, 2.75) is 25.8 Å². The normalized spacial score (nSPS) is 12.3. The van der Waals surface area contributed by atoms with Crippen LogP contribution in [-0.2, 0) is 4.79 Å². The first kappa shape index (κ1) is 13.7. The molecule has 2 aromatic rings. The summed E-state index contributed by atoms with van der Waals surface area (Å²) in [5, 5.41) is 13.0. The third-order valence-electron chi connectivity index (χ3n) is 2.78. The van der Waals surface area contributed by atoms with E-state index in [1.807, 2.05) is 25.1 Å². The molecule has 2 N–H and O–H groups in total. The number of nitrogens with zero attached hydrogens (tertiary/aromatic N) is 2. The van der Waals surface area contributed by atoms with E-state index in [2.05, 4.69) is 31.2 Å². The highest BCUT2D eigenvalue weighted by Gasteiger charge is 2.17. The first-order chi connectivity index (χ1) is 9.11. The maximum Gasteiger partial charge on any atom is 0.326 e. The molecular weight excluding hydrogens is 310 g/mol. The lowest BCUT2D eigenvalue weighted by Crippen LogP contribution is -2.29. The van der Waals surface area contributed by atoms with E-state index in [4.69, 9.17) is 0 Å². The van der Waals surface area contributed by atoms with Crippen molar-refractivity contribution in [1.82, 2.24) is 9.97 Å². The lowest BCUT2D eigenvalue weighted by Gasteiger charge is -2.15. The Hall–Kier alpha value is -1.69. The second kappa shape index (κ2) is 5.97. The third-order valence-corrected chi connectivity index (χ3v) is 3.28. The monoisotopic (exact) mass is 323 g/mol. The minimum atomic E-state index is -0.872. The summed E-state index contributed by atoms with van der Waals surface area (Å²) in [6.07, 6.45) is 2.77. The molecule has 6 heteroatoms. The van der Waals surface area contributed by atoms with Crippen LogP contribution in [0.25, 0.3) is 10.9 Å². The van der Waals surface area contributed by atoms with E-state index in [-0.39, 0.29) is 0 Å². The molecule has 0 amide bonds. The molecule has 100 valence electrons. The number of carbonyl (C=O) groups is 1. The molecule has 0 fully saturated rings. The van der Waals surface area contributed by atoms with E-state index in [0.717, 1.165) is 21.8 Å². The number of carboxylic acid groups (broad SMARTS) is 1. The van der Waals surface area contributed by atoms with Crippen molar-refractivity contribution in [2.24, 2.45) is 0 Å². The van der Waals surface area contributed by atoms with Gasteiger partial charge in [0.2, 0.25) is 0 Å². The molecule has 2 rings (SSSR count). The van der Waals surface area contributed by atoms with E-state index in [1.54, 1.807) is 0 Å². The van der Waals surface area contributed by atoms with Gasteiger partial charge in [-0.2, -0.15) is 0 Å². The number of fused-ring (bicyclic) bond motifs is 1. The van der Waals surface area contributed by atoms with Crippen LogP contribution in [0.4, 0.5) is 5.82 Å². The molecule has 1 heterocycles. The number of hydrogen-bond acceptors (Lipinski definition) is 4. The number of aromatic nitrogens is 2. The average Bonchev–Trinajstić information content (AvgIpc) is 2.38. The Morgan fingerprint density at radius 2 is 2.26 bits per heavy atom. The molecule has 0 aliphatic rings. The Morgan fingerprint density at radius 1 is 1.47 bits per heavy atom. The van der Waals surface area contributed by atoms with Gasteiger partial charge in [0.15, 0.2) is 0 Å². The van der Waals surface area contributed by atoms with Crippen LogP contribution in [-0.4, -0.2) is 27.1 Å². The fourth-order valence-corrected chi connectivity index (χ4v) is 2.22. The quantitative estimate of drug-likeness (QED) is 0.884. The number of carboxylic acids is 1. The van der Waals surface area contributed by atoms with Gasteiger partial charge in [0.25, 0.3) is 0 Å². The second-order valence-corrected chi connectivity index (χ2v) is 5.12. The van der Waals surface area contributed by atoms with Gasteiger partial charge in [-0.15, -0.1) is 0 Å². The molecule has 0 aliphatic heterocycles. The van der Waals surface area contributed by atoms with Gasteiger partial charge >= 0.3 is 5.97 Å². The molecule has 1 aromatic carbocycles. The molecule has 19 heavy (non-hydrogen) atoms. The minimum absolute atomic E-state index is 0.548. The van der Waals surface area contributed by atoms with Crippen LogP contribution in [0, 0.1) is 0 Å². The van der Waals surface area contributed by atoms with Crippen LogP contribution >= 0.6 is 15.9 Å². The third kappa shape index (κ3) is 3.20. The molecule has 0 bridgehead atoms. The smallest absolute Gasteiger partial charge is 0.326 e. The van der Waals surface area contributed by atoms with Crippen LogP contribution in [0.2, 0.25) is 0 Å². The highest BCUT2D eigenvalue weighted by molar-refractivity contribution is 9.10. The van der Waals surface area contributed by atoms with Crippen LogP contribution in [0.15, 0.2) is 29.0 Å². The van der Waals surface area contributed by atoms with Gasteiger partial charge in [0, 0.05) is 9.86 Å². The molecule has 5 nitrogen and oxygen atoms in total. The van der Waals surface area contributed by atoms with Crippen molar-refractivity contribution in [1.29, 1.82) is 0 Å². The summed E-state index contributed by atoms with van der Waals surface area (Å²) in [6, 6.07) is 4.99. The SMILES string of the molecule is CCCC(Nc1ncnc2ccc(Br)cc12)C(=O)O. The van der Waals surface area contributed by atoms with Crippen LogP contribution < -0.4 is 5.32 Å². The summed E-state index contributed by atoms with van der Waals surface area (Å²) in [4.78, 5) is 19.5. The largest absolute Gasteiger partial charge is 0.480 e. The number of nitrogens with one attached hydrogen (secondary N) is 1. The predicted octanol–water partition coefficient (Wildman–Crippen LogP) is 3.06. The second-order valence-electron chi connectivity index (χ2n) is 4.21. The number of anilines is 1. The molecule has 0 saturated heterocycles. The standard InChI is InChI=1S/C13H14BrN3O2/c1-2-3-11(13(18)19)17-12-9-6-8(14)4-5-10(9)15-7-16-12/h4-7,11H,2-3H2,1H3,(H,18,19)(H,15,16,17). The number of halogens is 1. The van der Waals surface area contributed by atoms with Gasteiger partial charge in [-0.05, 0) is 24.6 Å². The number of rotatable bonds is 5. The fraction of sp³-hybridized carbons (Fsp3) is 0.308. The topological polar surface area (TPSA) is 75.1 Å². The van der Waals surface area contributed by atoms with Gasteiger partial charge in [-0.1, -0.05) is 29.3 Å². The van der Waals surface area contributed by atoms with Crippen molar-refractivity contribution >= 4 is 38.6 Å². The van der Waals surface area contributed by atoms with E-state index < -0.39 is 12.0 Å². The highest BCUT2D eigenvalue weighted by atomic mass is 79.9. The van der Waals surface area contributed by atoms with Gasteiger partial charge in [0.05, 0.1) is 5.52 Å². The van der Waals surface area contributed by atoms with Gasteiger partial charge in [-0.3, -0.25) is 0 Å². The maximum absolute atomic E-state index is 11.2. The Balaban J connectivity index is 2.38. The van der Waals surface area contributed by atoms with Crippen LogP contribution in [0.3, 0.4) is 0 Å². The number of hydrogen-bond donors (Lipinski definition) is 2. The molecule has 0 spiro atoms. The lowest BCUT2D eigenvalue weighted by molar-refractivity contribution is -0.138. The molecule has 1 unspecified atom stereocenters. The molecule has 1 atom stereocenters. The predicted molar refractivity (Wildman–Crippen MR) is 77.2 cm³/mol. The summed E-state index contributed by atoms with van der Waals surface area (Å²) in [5.74, 6) is -0.323. The number of benzene rings is 1. The molecule has 0 aliphatic carbocycles.